The third-order valence-electron chi connectivity index (χ3n) is 3.91. The van der Waals surface area contributed by atoms with Gasteiger partial charge < -0.3 is 11.5 Å². The van der Waals surface area contributed by atoms with Crippen LogP contribution in [0.25, 0.3) is 22.0 Å². The zero-order valence-corrected chi connectivity index (χ0v) is 14.3. The molecule has 3 rings (SSSR count). The van der Waals surface area contributed by atoms with Crippen LogP contribution in [0.3, 0.4) is 0 Å². The third-order valence-corrected chi connectivity index (χ3v) is 4.70. The molecule has 0 radical (unpaired) electrons. The summed E-state index contributed by atoms with van der Waals surface area (Å²) in [5, 5.41) is 0.619. The Morgan fingerprint density at radius 1 is 1.00 bits per heavy atom. The smallest absolute Gasteiger partial charge is 0.383 e. The first-order valence-corrected chi connectivity index (χ1v) is 8.52. The van der Waals surface area contributed by atoms with E-state index in [1.165, 1.54) is 17.8 Å². The topological polar surface area (TPSA) is 77.8 Å². The highest BCUT2D eigenvalue weighted by atomic mass is 32.2. The maximum absolute atomic E-state index is 13.1. The van der Waals surface area contributed by atoms with Gasteiger partial charge in [0.25, 0.3) is 0 Å². The van der Waals surface area contributed by atoms with E-state index in [9.17, 15) is 13.2 Å². The molecule has 3 aromatic rings. The summed E-state index contributed by atoms with van der Waals surface area (Å²) < 4.78 is 39.4. The Hall–Kier alpha value is -2.48. The Kier molecular flexibility index (Phi) is 4.24. The molecule has 4 nitrogen and oxygen atoms in total. The maximum atomic E-state index is 13.1. The van der Waals surface area contributed by atoms with E-state index in [0.29, 0.717) is 22.0 Å². The Balaban J connectivity index is 2.30. The van der Waals surface area contributed by atoms with Crippen LogP contribution in [0.1, 0.15) is 11.1 Å². The summed E-state index contributed by atoms with van der Waals surface area (Å²) in [4.78, 5) is 8.81. The van der Waals surface area contributed by atoms with Crippen molar-refractivity contribution >= 4 is 34.4 Å². The standard InChI is InChI=1S/C17H15F3N4S/c1-8-5-12-13(23-16(22)24-15(12)21)7-10(8)11-6-9(17(18,19)20)3-4-14(11)25-2/h3-7H,1-2H3,(H4,21,22,23,24). The highest BCUT2D eigenvalue weighted by molar-refractivity contribution is 7.98. The molecule has 1 heterocycles. The molecular formula is C17H15F3N4S. The van der Waals surface area contributed by atoms with Gasteiger partial charge in [-0.3, -0.25) is 0 Å². The molecule has 130 valence electrons. The fraction of sp³-hybridized carbons (Fsp3) is 0.176. The van der Waals surface area contributed by atoms with Crippen molar-refractivity contribution in [3.8, 4) is 11.1 Å². The van der Waals surface area contributed by atoms with Gasteiger partial charge in [-0.2, -0.15) is 18.2 Å². The van der Waals surface area contributed by atoms with Crippen molar-refractivity contribution in [3.63, 3.8) is 0 Å². The highest BCUT2D eigenvalue weighted by Crippen LogP contribution is 2.39. The lowest BCUT2D eigenvalue weighted by molar-refractivity contribution is -0.137. The normalized spacial score (nSPS) is 11.9. The van der Waals surface area contributed by atoms with Crippen LogP contribution >= 0.6 is 11.8 Å². The number of nitrogens with two attached hydrogens (primary N) is 2. The Morgan fingerprint density at radius 2 is 1.72 bits per heavy atom. The second-order valence-electron chi connectivity index (χ2n) is 5.56. The van der Waals surface area contributed by atoms with Crippen LogP contribution < -0.4 is 11.5 Å². The molecule has 8 heteroatoms. The number of benzene rings is 2. The van der Waals surface area contributed by atoms with E-state index in [1.54, 1.807) is 12.1 Å². The second-order valence-corrected chi connectivity index (χ2v) is 6.41. The van der Waals surface area contributed by atoms with Crippen molar-refractivity contribution in [2.45, 2.75) is 18.0 Å². The molecule has 0 amide bonds. The average molecular weight is 364 g/mol. The summed E-state index contributed by atoms with van der Waals surface area (Å²) in [7, 11) is 0. The van der Waals surface area contributed by atoms with Crippen LogP contribution in [-0.2, 0) is 6.18 Å². The van der Waals surface area contributed by atoms with Crippen molar-refractivity contribution in [2.75, 3.05) is 17.7 Å². The molecule has 0 spiro atoms. The van der Waals surface area contributed by atoms with Gasteiger partial charge in [0.1, 0.15) is 5.82 Å². The monoisotopic (exact) mass is 364 g/mol. The van der Waals surface area contributed by atoms with Gasteiger partial charge in [0.15, 0.2) is 0 Å². The lowest BCUT2D eigenvalue weighted by atomic mass is 9.96. The van der Waals surface area contributed by atoms with Crippen molar-refractivity contribution in [1.29, 1.82) is 0 Å². The fourth-order valence-corrected chi connectivity index (χ4v) is 3.30. The van der Waals surface area contributed by atoms with Gasteiger partial charge in [0.05, 0.1) is 11.1 Å². The molecule has 0 atom stereocenters. The van der Waals surface area contributed by atoms with Gasteiger partial charge in [0.2, 0.25) is 5.95 Å². The minimum atomic E-state index is -4.41. The number of hydrogen-bond acceptors (Lipinski definition) is 5. The first-order valence-electron chi connectivity index (χ1n) is 7.29. The van der Waals surface area contributed by atoms with Crippen LogP contribution in [0.2, 0.25) is 0 Å². The third kappa shape index (κ3) is 3.21. The number of rotatable bonds is 2. The van der Waals surface area contributed by atoms with E-state index in [2.05, 4.69) is 9.97 Å². The van der Waals surface area contributed by atoms with Gasteiger partial charge in [-0.25, -0.2) is 4.98 Å². The summed E-state index contributed by atoms with van der Waals surface area (Å²) >= 11 is 1.38. The van der Waals surface area contributed by atoms with Crippen LogP contribution in [0, 0.1) is 6.92 Å². The Labute approximate surface area is 146 Å². The number of nitrogens with zero attached hydrogens (tertiary/aromatic N) is 2. The van der Waals surface area contributed by atoms with E-state index < -0.39 is 11.7 Å². The average Bonchev–Trinajstić information content (AvgIpc) is 2.53. The molecule has 4 N–H and O–H groups in total. The number of aryl methyl sites for hydroxylation is 1. The quantitative estimate of drug-likeness (QED) is 0.654. The minimum Gasteiger partial charge on any atom is -0.383 e. The molecule has 1 aromatic heterocycles. The van der Waals surface area contributed by atoms with Gasteiger partial charge in [-0.15, -0.1) is 11.8 Å². The molecule has 0 fully saturated rings. The summed E-state index contributed by atoms with van der Waals surface area (Å²) in [6.45, 7) is 1.81. The number of halogens is 3. The molecule has 0 unspecified atom stereocenters. The first kappa shape index (κ1) is 17.3. The summed E-state index contributed by atoms with van der Waals surface area (Å²) in [6, 6.07) is 7.20. The Morgan fingerprint density at radius 3 is 2.36 bits per heavy atom. The van der Waals surface area contributed by atoms with E-state index in [0.717, 1.165) is 22.6 Å². The lowest BCUT2D eigenvalue weighted by Gasteiger charge is -2.15. The molecule has 0 saturated heterocycles. The minimum absolute atomic E-state index is 0.0222. The van der Waals surface area contributed by atoms with Gasteiger partial charge >= 0.3 is 6.18 Å². The summed E-state index contributed by atoms with van der Waals surface area (Å²) in [5.41, 5.74) is 13.2. The van der Waals surface area contributed by atoms with Crippen molar-refractivity contribution in [2.24, 2.45) is 0 Å². The number of nitrogen functional groups attached to an aromatic ring is 2. The van der Waals surface area contributed by atoms with Crippen LogP contribution in [0.5, 0.6) is 0 Å². The van der Waals surface area contributed by atoms with E-state index in [4.69, 9.17) is 11.5 Å². The maximum Gasteiger partial charge on any atom is 0.416 e. The van der Waals surface area contributed by atoms with E-state index >= 15 is 0 Å². The SMILES string of the molecule is CSc1ccc(C(F)(F)F)cc1-c1cc2nc(N)nc(N)c2cc1C. The van der Waals surface area contributed by atoms with E-state index in [1.807, 2.05) is 13.2 Å². The summed E-state index contributed by atoms with van der Waals surface area (Å²) in [6.07, 6.45) is -2.59. The number of aromatic nitrogens is 2. The van der Waals surface area contributed by atoms with Crippen molar-refractivity contribution in [3.05, 3.63) is 41.5 Å². The van der Waals surface area contributed by atoms with Crippen molar-refractivity contribution in [1.82, 2.24) is 9.97 Å². The molecule has 0 aliphatic heterocycles. The molecule has 2 aromatic carbocycles. The molecule has 25 heavy (non-hydrogen) atoms. The largest absolute Gasteiger partial charge is 0.416 e. The number of alkyl halides is 3. The number of fused-ring (bicyclic) bond motifs is 1. The Bertz CT molecular complexity index is 970. The van der Waals surface area contributed by atoms with Gasteiger partial charge in [-0.1, -0.05) is 0 Å². The fourth-order valence-electron chi connectivity index (χ4n) is 2.71. The molecule has 0 aliphatic rings. The zero-order chi connectivity index (χ0) is 18.4. The lowest BCUT2D eigenvalue weighted by Crippen LogP contribution is -2.05. The molecular weight excluding hydrogens is 349 g/mol. The van der Waals surface area contributed by atoms with Crippen LogP contribution in [0.4, 0.5) is 24.9 Å². The number of thioether (sulfide) groups is 1. The highest BCUT2D eigenvalue weighted by Gasteiger charge is 2.31. The van der Waals surface area contributed by atoms with E-state index in [-0.39, 0.29) is 11.8 Å². The predicted molar refractivity (Wildman–Crippen MR) is 95.3 cm³/mol. The molecule has 0 saturated carbocycles. The molecule has 0 bridgehead atoms. The zero-order valence-electron chi connectivity index (χ0n) is 13.5. The summed E-state index contributed by atoms with van der Waals surface area (Å²) in [5.74, 6) is 0.264. The number of hydrogen-bond donors (Lipinski definition) is 2. The van der Waals surface area contributed by atoms with Crippen LogP contribution in [0.15, 0.2) is 35.2 Å². The predicted octanol–water partition coefficient (Wildman–Crippen LogP) is 4.51. The van der Waals surface area contributed by atoms with Gasteiger partial charge in [0, 0.05) is 10.3 Å². The molecule has 0 aliphatic carbocycles. The van der Waals surface area contributed by atoms with Crippen molar-refractivity contribution < 1.29 is 13.2 Å². The van der Waals surface area contributed by atoms with Crippen LogP contribution in [-0.4, -0.2) is 16.2 Å². The second kappa shape index (κ2) is 6.11. The van der Waals surface area contributed by atoms with Gasteiger partial charge in [-0.05, 0) is 60.2 Å². The first-order chi connectivity index (χ1) is 11.7. The number of anilines is 2.